The second-order valence-electron chi connectivity index (χ2n) is 5.94. The van der Waals surface area contributed by atoms with Gasteiger partial charge in [-0.2, -0.15) is 0 Å². The van der Waals surface area contributed by atoms with Gasteiger partial charge in [-0.3, -0.25) is 0 Å². The predicted octanol–water partition coefficient (Wildman–Crippen LogP) is 2.58. The molecule has 0 aromatic heterocycles. The molecule has 19 heavy (non-hydrogen) atoms. The SMILES string of the molecule is CCNC1CC2(CCN(C)CC2)Oc2ccccc21. The molecule has 0 saturated carbocycles. The maximum absolute atomic E-state index is 6.42. The van der Waals surface area contributed by atoms with Gasteiger partial charge < -0.3 is 15.0 Å². The Balaban J connectivity index is 1.88. The van der Waals surface area contributed by atoms with Crippen molar-refractivity contribution in [1.82, 2.24) is 10.2 Å². The number of nitrogens with one attached hydrogen (secondary N) is 1. The van der Waals surface area contributed by atoms with E-state index in [4.69, 9.17) is 4.74 Å². The molecule has 3 nitrogen and oxygen atoms in total. The molecule has 1 unspecified atom stereocenters. The van der Waals surface area contributed by atoms with Crippen molar-refractivity contribution in [3.63, 3.8) is 0 Å². The zero-order chi connectivity index (χ0) is 13.3. The molecule has 1 aromatic carbocycles. The fraction of sp³-hybridized carbons (Fsp3) is 0.625. The molecule has 2 heterocycles. The minimum atomic E-state index is 0.0493. The molecule has 1 atom stereocenters. The quantitative estimate of drug-likeness (QED) is 0.884. The highest BCUT2D eigenvalue weighted by Crippen LogP contribution is 2.43. The molecule has 0 amide bonds. The topological polar surface area (TPSA) is 24.5 Å². The van der Waals surface area contributed by atoms with Crippen molar-refractivity contribution in [3.8, 4) is 5.75 Å². The normalized spacial score (nSPS) is 25.9. The first-order valence-electron chi connectivity index (χ1n) is 7.42. The van der Waals surface area contributed by atoms with Crippen LogP contribution in [0.5, 0.6) is 5.75 Å². The van der Waals surface area contributed by atoms with E-state index in [2.05, 4.69) is 48.5 Å². The van der Waals surface area contributed by atoms with Crippen LogP contribution < -0.4 is 10.1 Å². The van der Waals surface area contributed by atoms with Gasteiger partial charge in [0, 0.05) is 31.1 Å². The number of benzene rings is 1. The fourth-order valence-electron chi connectivity index (χ4n) is 3.38. The highest BCUT2D eigenvalue weighted by Gasteiger charge is 2.42. The Kier molecular flexibility index (Phi) is 3.50. The molecular formula is C16H24N2O. The van der Waals surface area contributed by atoms with Crippen LogP contribution >= 0.6 is 0 Å². The molecular weight excluding hydrogens is 236 g/mol. The molecule has 2 aliphatic rings. The Labute approximate surface area is 115 Å². The average Bonchev–Trinajstić information content (AvgIpc) is 2.43. The van der Waals surface area contributed by atoms with E-state index in [-0.39, 0.29) is 5.60 Å². The summed E-state index contributed by atoms with van der Waals surface area (Å²) in [6.07, 6.45) is 3.38. The molecule has 3 rings (SSSR count). The number of nitrogens with zero attached hydrogens (tertiary/aromatic N) is 1. The van der Waals surface area contributed by atoms with Crippen LogP contribution in [-0.2, 0) is 0 Å². The molecule has 0 radical (unpaired) electrons. The first-order chi connectivity index (χ1) is 9.22. The minimum absolute atomic E-state index is 0.0493. The first-order valence-corrected chi connectivity index (χ1v) is 7.42. The average molecular weight is 260 g/mol. The summed E-state index contributed by atoms with van der Waals surface area (Å²) in [6.45, 7) is 5.47. The molecule has 2 aliphatic heterocycles. The largest absolute Gasteiger partial charge is 0.487 e. The van der Waals surface area contributed by atoms with Crippen molar-refractivity contribution >= 4 is 0 Å². The van der Waals surface area contributed by atoms with Gasteiger partial charge in [-0.1, -0.05) is 25.1 Å². The van der Waals surface area contributed by atoms with Crippen LogP contribution in [0.4, 0.5) is 0 Å². The van der Waals surface area contributed by atoms with Gasteiger partial charge in [0.05, 0.1) is 0 Å². The number of rotatable bonds is 2. The Morgan fingerprint density at radius 1 is 1.32 bits per heavy atom. The van der Waals surface area contributed by atoms with Crippen molar-refractivity contribution < 1.29 is 4.74 Å². The van der Waals surface area contributed by atoms with Gasteiger partial charge in [-0.15, -0.1) is 0 Å². The lowest BCUT2D eigenvalue weighted by Gasteiger charge is -2.46. The maximum Gasteiger partial charge on any atom is 0.124 e. The van der Waals surface area contributed by atoms with Crippen molar-refractivity contribution in [3.05, 3.63) is 29.8 Å². The predicted molar refractivity (Wildman–Crippen MR) is 77.6 cm³/mol. The molecule has 3 heteroatoms. The number of hydrogen-bond acceptors (Lipinski definition) is 3. The molecule has 1 saturated heterocycles. The van der Waals surface area contributed by atoms with E-state index >= 15 is 0 Å². The van der Waals surface area contributed by atoms with Gasteiger partial charge in [0.1, 0.15) is 11.4 Å². The zero-order valence-electron chi connectivity index (χ0n) is 12.0. The molecule has 0 bridgehead atoms. The number of likely N-dealkylation sites (tertiary alicyclic amines) is 1. The highest BCUT2D eigenvalue weighted by molar-refractivity contribution is 5.39. The van der Waals surface area contributed by atoms with Crippen LogP contribution in [0.3, 0.4) is 0 Å². The number of piperidine rings is 1. The third kappa shape index (κ3) is 2.49. The van der Waals surface area contributed by atoms with Gasteiger partial charge in [0.2, 0.25) is 0 Å². The van der Waals surface area contributed by atoms with Crippen LogP contribution in [0.25, 0.3) is 0 Å². The van der Waals surface area contributed by atoms with Crippen molar-refractivity contribution in [2.45, 2.75) is 37.8 Å². The van der Waals surface area contributed by atoms with Crippen LogP contribution in [0, 0.1) is 0 Å². The standard InChI is InChI=1S/C16H24N2O/c1-3-17-14-12-16(8-10-18(2)11-9-16)19-15-7-5-4-6-13(14)15/h4-7,14,17H,3,8-12H2,1-2H3. The molecule has 1 aromatic rings. The first kappa shape index (κ1) is 12.9. The summed E-state index contributed by atoms with van der Waals surface area (Å²) < 4.78 is 6.42. The van der Waals surface area contributed by atoms with E-state index in [1.54, 1.807) is 0 Å². The van der Waals surface area contributed by atoms with Gasteiger partial charge in [-0.05, 0) is 32.5 Å². The summed E-state index contributed by atoms with van der Waals surface area (Å²) in [7, 11) is 2.20. The summed E-state index contributed by atoms with van der Waals surface area (Å²) in [5.74, 6) is 1.09. The van der Waals surface area contributed by atoms with Crippen LogP contribution in [0.2, 0.25) is 0 Å². The lowest BCUT2D eigenvalue weighted by molar-refractivity contribution is -0.0200. The summed E-state index contributed by atoms with van der Waals surface area (Å²) in [4.78, 5) is 2.40. The lowest BCUT2D eigenvalue weighted by atomic mass is 9.80. The molecule has 0 aliphatic carbocycles. The van der Waals surface area contributed by atoms with Crippen LogP contribution in [-0.4, -0.2) is 37.2 Å². The van der Waals surface area contributed by atoms with E-state index in [0.29, 0.717) is 6.04 Å². The van der Waals surface area contributed by atoms with E-state index in [0.717, 1.165) is 44.6 Å². The summed E-state index contributed by atoms with van der Waals surface area (Å²) in [6, 6.07) is 8.96. The Bertz CT molecular complexity index is 438. The van der Waals surface area contributed by atoms with E-state index in [1.165, 1.54) is 5.56 Å². The number of hydrogen-bond donors (Lipinski definition) is 1. The third-order valence-electron chi connectivity index (χ3n) is 4.55. The van der Waals surface area contributed by atoms with Gasteiger partial charge in [0.25, 0.3) is 0 Å². The van der Waals surface area contributed by atoms with Crippen LogP contribution in [0.1, 0.15) is 37.8 Å². The third-order valence-corrected chi connectivity index (χ3v) is 4.55. The summed E-state index contributed by atoms with van der Waals surface area (Å²) in [5.41, 5.74) is 1.38. The highest BCUT2D eigenvalue weighted by atomic mass is 16.5. The number of para-hydroxylation sites is 1. The van der Waals surface area contributed by atoms with Crippen molar-refractivity contribution in [2.24, 2.45) is 0 Å². The smallest absolute Gasteiger partial charge is 0.124 e. The Morgan fingerprint density at radius 2 is 2.05 bits per heavy atom. The summed E-state index contributed by atoms with van der Waals surface area (Å²) >= 11 is 0. The summed E-state index contributed by atoms with van der Waals surface area (Å²) in [5, 5.41) is 3.63. The second kappa shape index (κ2) is 5.14. The van der Waals surface area contributed by atoms with Crippen LogP contribution in [0.15, 0.2) is 24.3 Å². The molecule has 1 spiro atoms. The fourth-order valence-corrected chi connectivity index (χ4v) is 3.38. The maximum atomic E-state index is 6.42. The van der Waals surface area contributed by atoms with E-state index < -0.39 is 0 Å². The van der Waals surface area contributed by atoms with Crippen molar-refractivity contribution in [2.75, 3.05) is 26.7 Å². The number of ether oxygens (including phenoxy) is 1. The Morgan fingerprint density at radius 3 is 2.79 bits per heavy atom. The van der Waals surface area contributed by atoms with Crippen molar-refractivity contribution in [1.29, 1.82) is 0 Å². The van der Waals surface area contributed by atoms with E-state index in [9.17, 15) is 0 Å². The minimum Gasteiger partial charge on any atom is -0.487 e. The monoisotopic (exact) mass is 260 g/mol. The molecule has 1 N–H and O–H groups in total. The van der Waals surface area contributed by atoms with E-state index in [1.807, 2.05) is 0 Å². The van der Waals surface area contributed by atoms with Gasteiger partial charge >= 0.3 is 0 Å². The molecule has 104 valence electrons. The Hall–Kier alpha value is -1.06. The zero-order valence-corrected chi connectivity index (χ0v) is 12.0. The van der Waals surface area contributed by atoms with Gasteiger partial charge in [-0.25, -0.2) is 0 Å². The lowest BCUT2D eigenvalue weighted by Crippen LogP contribution is -2.51. The van der Waals surface area contributed by atoms with Gasteiger partial charge in [0.15, 0.2) is 0 Å². The number of fused-ring (bicyclic) bond motifs is 1. The molecule has 1 fully saturated rings. The second-order valence-corrected chi connectivity index (χ2v) is 5.94.